The van der Waals surface area contributed by atoms with E-state index in [1.165, 1.54) is 11.1 Å². The number of benzene rings is 1. The van der Waals surface area contributed by atoms with Crippen LogP contribution in [0.1, 0.15) is 18.0 Å². The van der Waals surface area contributed by atoms with E-state index >= 15 is 0 Å². The van der Waals surface area contributed by atoms with Gasteiger partial charge in [-0.1, -0.05) is 54.1 Å². The van der Waals surface area contributed by atoms with Crippen molar-refractivity contribution < 1.29 is 0 Å². The summed E-state index contributed by atoms with van der Waals surface area (Å²) in [4.78, 5) is 0. The minimum absolute atomic E-state index is 0.225. The van der Waals surface area contributed by atoms with Crippen LogP contribution in [0.15, 0.2) is 60.2 Å². The van der Waals surface area contributed by atoms with Gasteiger partial charge in [0.25, 0.3) is 0 Å². The van der Waals surface area contributed by atoms with Gasteiger partial charge in [-0.25, -0.2) is 0 Å². The number of hydrogen-bond donors (Lipinski definition) is 1. The minimum Gasteiger partial charge on any atom is -0.309 e. The Morgan fingerprint density at radius 3 is 2.65 bits per heavy atom. The van der Waals surface area contributed by atoms with E-state index in [2.05, 4.69) is 47.8 Å². The van der Waals surface area contributed by atoms with Crippen LogP contribution < -0.4 is 5.32 Å². The van der Waals surface area contributed by atoms with Crippen LogP contribution in [0.3, 0.4) is 0 Å². The lowest BCUT2D eigenvalue weighted by Crippen LogP contribution is -2.17. The Morgan fingerprint density at radius 2 is 1.94 bits per heavy atom. The van der Waals surface area contributed by atoms with Gasteiger partial charge in [-0.2, -0.15) is 0 Å². The summed E-state index contributed by atoms with van der Waals surface area (Å²) in [6, 6.07) is 8.22. The second-order valence-corrected chi connectivity index (χ2v) is 4.44. The molecule has 1 nitrogen and oxygen atoms in total. The highest BCUT2D eigenvalue weighted by atomic mass is 35.5. The third kappa shape index (κ3) is 3.09. The molecule has 0 bridgehead atoms. The Morgan fingerprint density at radius 1 is 1.18 bits per heavy atom. The zero-order valence-electron chi connectivity index (χ0n) is 9.86. The molecule has 1 N–H and O–H groups in total. The number of nitrogens with one attached hydrogen (secondary N) is 1. The van der Waals surface area contributed by atoms with Crippen LogP contribution in [0.4, 0.5) is 0 Å². The molecule has 1 aliphatic carbocycles. The lowest BCUT2D eigenvalue weighted by atomic mass is 9.98. The molecule has 2 rings (SSSR count). The molecule has 2 heteroatoms. The van der Waals surface area contributed by atoms with Crippen molar-refractivity contribution in [2.75, 3.05) is 7.05 Å². The van der Waals surface area contributed by atoms with Crippen LogP contribution in [0.25, 0.3) is 0 Å². The summed E-state index contributed by atoms with van der Waals surface area (Å²) >= 11 is 5.91. The van der Waals surface area contributed by atoms with E-state index in [4.69, 9.17) is 11.6 Å². The molecule has 0 spiro atoms. The first-order chi connectivity index (χ1) is 8.31. The molecule has 88 valence electrons. The monoisotopic (exact) mass is 245 g/mol. The number of likely N-dealkylation sites (N-methyl/N-ethyl adjacent to an activating group) is 1. The summed E-state index contributed by atoms with van der Waals surface area (Å²) in [7, 11) is 1.98. The Labute approximate surface area is 107 Å². The van der Waals surface area contributed by atoms with Crippen molar-refractivity contribution in [1.29, 1.82) is 0 Å². The Balaban J connectivity index is 2.27. The number of allylic oxidation sites excluding steroid dienone is 4. The fourth-order valence-corrected chi connectivity index (χ4v) is 2.12. The van der Waals surface area contributed by atoms with Gasteiger partial charge in [-0.05, 0) is 36.7 Å². The van der Waals surface area contributed by atoms with Crippen molar-refractivity contribution in [2.24, 2.45) is 0 Å². The standard InChI is InChI=1S/C15H16ClN/c1-17-15(12-6-4-2-3-5-7-12)13-8-10-14(16)11-9-13/h2-4,6-11,15,17H,5H2,1H3. The van der Waals surface area contributed by atoms with E-state index in [-0.39, 0.29) is 6.04 Å². The van der Waals surface area contributed by atoms with E-state index < -0.39 is 0 Å². The van der Waals surface area contributed by atoms with Gasteiger partial charge in [0.1, 0.15) is 0 Å². The maximum Gasteiger partial charge on any atom is 0.0571 e. The van der Waals surface area contributed by atoms with Crippen LogP contribution in [0, 0.1) is 0 Å². The zero-order valence-corrected chi connectivity index (χ0v) is 10.6. The molecule has 0 fully saturated rings. The van der Waals surface area contributed by atoms with Crippen LogP contribution in [0.5, 0.6) is 0 Å². The predicted octanol–water partition coefficient (Wildman–Crippen LogP) is 4.04. The second kappa shape index (κ2) is 5.85. The number of halogens is 1. The summed E-state index contributed by atoms with van der Waals surface area (Å²) in [5, 5.41) is 4.12. The highest BCUT2D eigenvalue weighted by Crippen LogP contribution is 2.25. The van der Waals surface area contributed by atoms with Crippen molar-refractivity contribution in [3.8, 4) is 0 Å². The van der Waals surface area contributed by atoms with E-state index in [0.717, 1.165) is 11.4 Å². The molecule has 0 saturated carbocycles. The van der Waals surface area contributed by atoms with Gasteiger partial charge in [0.05, 0.1) is 6.04 Å². The fraction of sp³-hybridized carbons (Fsp3) is 0.200. The van der Waals surface area contributed by atoms with Crippen LogP contribution in [-0.2, 0) is 0 Å². The third-order valence-corrected chi connectivity index (χ3v) is 3.10. The van der Waals surface area contributed by atoms with Crippen molar-refractivity contribution in [1.82, 2.24) is 5.32 Å². The molecule has 1 atom stereocenters. The Hall–Kier alpha value is -1.31. The van der Waals surface area contributed by atoms with E-state index in [1.807, 2.05) is 19.2 Å². The highest BCUT2D eigenvalue weighted by Gasteiger charge is 2.12. The summed E-state index contributed by atoms with van der Waals surface area (Å²) < 4.78 is 0. The van der Waals surface area contributed by atoms with Crippen molar-refractivity contribution in [2.45, 2.75) is 12.5 Å². The molecule has 1 aliphatic rings. The molecule has 0 aromatic heterocycles. The van der Waals surface area contributed by atoms with E-state index in [0.29, 0.717) is 0 Å². The van der Waals surface area contributed by atoms with E-state index in [1.54, 1.807) is 0 Å². The molecule has 0 amide bonds. The largest absolute Gasteiger partial charge is 0.309 e. The molecular formula is C15H16ClN. The van der Waals surface area contributed by atoms with Crippen molar-refractivity contribution in [3.05, 3.63) is 70.8 Å². The van der Waals surface area contributed by atoms with Gasteiger partial charge in [-0.15, -0.1) is 0 Å². The molecule has 1 aromatic carbocycles. The van der Waals surface area contributed by atoms with Crippen molar-refractivity contribution >= 4 is 11.6 Å². The average molecular weight is 246 g/mol. The minimum atomic E-state index is 0.225. The number of rotatable bonds is 3. The second-order valence-electron chi connectivity index (χ2n) is 4.00. The molecule has 1 aromatic rings. The SMILES string of the molecule is CNC(C1=CCC=CC=C1)c1ccc(Cl)cc1. The van der Waals surface area contributed by atoms with Crippen LogP contribution >= 0.6 is 11.6 Å². The van der Waals surface area contributed by atoms with Gasteiger partial charge in [0.15, 0.2) is 0 Å². The van der Waals surface area contributed by atoms with E-state index in [9.17, 15) is 0 Å². The lowest BCUT2D eigenvalue weighted by molar-refractivity contribution is 0.689. The first kappa shape index (κ1) is 12.2. The Bertz CT molecular complexity index is 454. The first-order valence-electron chi connectivity index (χ1n) is 5.77. The van der Waals surface area contributed by atoms with Crippen LogP contribution in [-0.4, -0.2) is 7.05 Å². The van der Waals surface area contributed by atoms with Gasteiger partial charge in [0.2, 0.25) is 0 Å². The fourth-order valence-electron chi connectivity index (χ4n) is 1.99. The van der Waals surface area contributed by atoms with Gasteiger partial charge in [0, 0.05) is 5.02 Å². The molecular weight excluding hydrogens is 230 g/mol. The average Bonchev–Trinajstić information content (AvgIpc) is 2.62. The highest BCUT2D eigenvalue weighted by molar-refractivity contribution is 6.30. The lowest BCUT2D eigenvalue weighted by Gasteiger charge is -2.18. The van der Waals surface area contributed by atoms with Crippen molar-refractivity contribution in [3.63, 3.8) is 0 Å². The van der Waals surface area contributed by atoms with Crippen LogP contribution in [0.2, 0.25) is 5.02 Å². The first-order valence-corrected chi connectivity index (χ1v) is 6.15. The van der Waals surface area contributed by atoms with Gasteiger partial charge >= 0.3 is 0 Å². The Kier molecular flexibility index (Phi) is 4.18. The van der Waals surface area contributed by atoms with Gasteiger partial charge < -0.3 is 5.32 Å². The normalized spacial score (nSPS) is 16.5. The molecule has 0 heterocycles. The summed E-state index contributed by atoms with van der Waals surface area (Å²) in [6.07, 6.45) is 11.7. The molecule has 0 aliphatic heterocycles. The third-order valence-electron chi connectivity index (χ3n) is 2.85. The maximum atomic E-state index is 5.91. The maximum absolute atomic E-state index is 5.91. The predicted molar refractivity (Wildman–Crippen MR) is 74.2 cm³/mol. The quantitative estimate of drug-likeness (QED) is 0.848. The molecule has 17 heavy (non-hydrogen) atoms. The topological polar surface area (TPSA) is 12.0 Å². The molecule has 1 unspecified atom stereocenters. The zero-order chi connectivity index (χ0) is 12.1. The molecule has 0 radical (unpaired) electrons. The summed E-state index contributed by atoms with van der Waals surface area (Å²) in [5.41, 5.74) is 2.52. The summed E-state index contributed by atoms with van der Waals surface area (Å²) in [6.45, 7) is 0. The smallest absolute Gasteiger partial charge is 0.0571 e. The number of hydrogen-bond acceptors (Lipinski definition) is 1. The summed E-state index contributed by atoms with van der Waals surface area (Å²) in [5.74, 6) is 0. The van der Waals surface area contributed by atoms with Gasteiger partial charge in [-0.3, -0.25) is 0 Å². The molecule has 0 saturated heterocycles.